The maximum absolute atomic E-state index is 12.3. The van der Waals surface area contributed by atoms with Gasteiger partial charge in [0.1, 0.15) is 11.3 Å². The number of carbonyl (C=O) groups is 1. The molecule has 158 valence electrons. The molecule has 9 heteroatoms. The number of aromatic nitrogens is 5. The Morgan fingerprint density at radius 1 is 1.10 bits per heavy atom. The summed E-state index contributed by atoms with van der Waals surface area (Å²) >= 11 is 0. The van der Waals surface area contributed by atoms with E-state index in [-0.39, 0.29) is 12.5 Å². The second kappa shape index (κ2) is 8.55. The minimum absolute atomic E-state index is 0.176. The third kappa shape index (κ3) is 4.25. The number of hydrogen-bond acceptors (Lipinski definition) is 7. The standard InChI is InChI=1S/C22H22N6O3/c29-21(27-11-4-5-12-27)10-13-28-19-9-8-16(14-18(19)24-26-28)22-23-20(31-25-22)15-30-17-6-2-1-3-7-17/h1-3,6-9,14H,4-5,10-13,15H2. The summed E-state index contributed by atoms with van der Waals surface area (Å²) in [7, 11) is 0. The van der Waals surface area contributed by atoms with Crippen LogP contribution in [0, 0.1) is 0 Å². The zero-order chi connectivity index (χ0) is 21.0. The first-order valence-corrected chi connectivity index (χ1v) is 10.4. The third-order valence-corrected chi connectivity index (χ3v) is 5.34. The summed E-state index contributed by atoms with van der Waals surface area (Å²) in [5, 5.41) is 12.5. The van der Waals surface area contributed by atoms with Gasteiger partial charge in [0, 0.05) is 25.1 Å². The fourth-order valence-corrected chi connectivity index (χ4v) is 3.70. The molecule has 9 nitrogen and oxygen atoms in total. The topological polar surface area (TPSA) is 99.2 Å². The van der Waals surface area contributed by atoms with Gasteiger partial charge in [0.25, 0.3) is 5.89 Å². The molecule has 2 aromatic heterocycles. The van der Waals surface area contributed by atoms with Crippen LogP contribution in [0.1, 0.15) is 25.2 Å². The Morgan fingerprint density at radius 3 is 2.77 bits per heavy atom. The lowest BCUT2D eigenvalue weighted by Gasteiger charge is -2.14. The molecule has 0 aliphatic carbocycles. The maximum Gasteiger partial charge on any atom is 0.264 e. The van der Waals surface area contributed by atoms with E-state index in [0.717, 1.165) is 48.3 Å². The summed E-state index contributed by atoms with van der Waals surface area (Å²) in [6, 6.07) is 15.2. The van der Waals surface area contributed by atoms with Gasteiger partial charge >= 0.3 is 0 Å². The molecule has 31 heavy (non-hydrogen) atoms. The normalized spacial score (nSPS) is 13.7. The molecule has 0 saturated carbocycles. The summed E-state index contributed by atoms with van der Waals surface area (Å²) in [5.41, 5.74) is 2.37. The molecule has 4 aromatic rings. The first-order chi connectivity index (χ1) is 15.3. The molecule has 2 aromatic carbocycles. The van der Waals surface area contributed by atoms with E-state index in [1.165, 1.54) is 0 Å². The quantitative estimate of drug-likeness (QED) is 0.455. The lowest BCUT2D eigenvalue weighted by atomic mass is 10.2. The predicted octanol–water partition coefficient (Wildman–Crippen LogP) is 3.07. The van der Waals surface area contributed by atoms with Crippen LogP contribution in [0.5, 0.6) is 5.75 Å². The van der Waals surface area contributed by atoms with E-state index in [0.29, 0.717) is 24.7 Å². The highest BCUT2D eigenvalue weighted by atomic mass is 16.5. The molecule has 0 atom stereocenters. The fourth-order valence-electron chi connectivity index (χ4n) is 3.70. The number of fused-ring (bicyclic) bond motifs is 1. The number of nitrogens with zero attached hydrogens (tertiary/aromatic N) is 6. The minimum Gasteiger partial charge on any atom is -0.484 e. The molecule has 1 aliphatic heterocycles. The molecule has 3 heterocycles. The number of benzene rings is 2. The van der Waals surface area contributed by atoms with Gasteiger partial charge in [-0.15, -0.1) is 5.10 Å². The molecule has 0 spiro atoms. The number of rotatable bonds is 7. The lowest BCUT2D eigenvalue weighted by Crippen LogP contribution is -2.28. The van der Waals surface area contributed by atoms with Crippen LogP contribution in [0.25, 0.3) is 22.4 Å². The summed E-state index contributed by atoms with van der Waals surface area (Å²) in [5.74, 6) is 1.77. The van der Waals surface area contributed by atoms with Crippen molar-refractivity contribution >= 4 is 16.9 Å². The van der Waals surface area contributed by atoms with E-state index in [1.807, 2.05) is 53.4 Å². The Balaban J connectivity index is 1.25. The van der Waals surface area contributed by atoms with E-state index in [9.17, 15) is 4.79 Å². The minimum atomic E-state index is 0.176. The van der Waals surface area contributed by atoms with Crippen molar-refractivity contribution in [1.29, 1.82) is 0 Å². The molecular weight excluding hydrogens is 396 g/mol. The summed E-state index contributed by atoms with van der Waals surface area (Å²) < 4.78 is 12.7. The highest BCUT2D eigenvalue weighted by Crippen LogP contribution is 2.22. The monoisotopic (exact) mass is 418 g/mol. The molecule has 0 N–H and O–H groups in total. The van der Waals surface area contributed by atoms with Crippen molar-refractivity contribution in [2.45, 2.75) is 32.4 Å². The molecule has 1 aliphatic rings. The average molecular weight is 418 g/mol. The molecule has 1 amide bonds. The average Bonchev–Trinajstić information content (AvgIpc) is 3.57. The Morgan fingerprint density at radius 2 is 1.94 bits per heavy atom. The van der Waals surface area contributed by atoms with Crippen LogP contribution in [0.15, 0.2) is 53.1 Å². The number of hydrogen-bond donors (Lipinski definition) is 0. The van der Waals surface area contributed by atoms with Crippen molar-refractivity contribution < 1.29 is 14.1 Å². The van der Waals surface area contributed by atoms with E-state index < -0.39 is 0 Å². The van der Waals surface area contributed by atoms with Crippen molar-refractivity contribution in [3.05, 3.63) is 54.4 Å². The molecule has 1 saturated heterocycles. The van der Waals surface area contributed by atoms with E-state index >= 15 is 0 Å². The van der Waals surface area contributed by atoms with Crippen molar-refractivity contribution in [3.63, 3.8) is 0 Å². The molecule has 0 radical (unpaired) electrons. The Kier molecular flexibility index (Phi) is 5.30. The first-order valence-electron chi connectivity index (χ1n) is 10.4. The summed E-state index contributed by atoms with van der Waals surface area (Å²) in [4.78, 5) is 18.6. The predicted molar refractivity (Wildman–Crippen MR) is 112 cm³/mol. The molecule has 0 bridgehead atoms. The summed E-state index contributed by atoms with van der Waals surface area (Å²) in [6.45, 7) is 2.43. The van der Waals surface area contributed by atoms with Crippen LogP contribution in [-0.4, -0.2) is 49.0 Å². The largest absolute Gasteiger partial charge is 0.484 e. The molecule has 5 rings (SSSR count). The Bertz CT molecular complexity index is 1180. The van der Waals surface area contributed by atoms with Crippen LogP contribution in [0.2, 0.25) is 0 Å². The Hall–Kier alpha value is -3.75. The van der Waals surface area contributed by atoms with Crippen molar-refractivity contribution in [3.8, 4) is 17.1 Å². The Labute approximate surface area is 178 Å². The second-order valence-electron chi connectivity index (χ2n) is 7.47. The smallest absolute Gasteiger partial charge is 0.264 e. The van der Waals surface area contributed by atoms with Gasteiger partial charge in [0.05, 0.1) is 12.1 Å². The molecule has 0 unspecified atom stereocenters. The maximum atomic E-state index is 12.3. The van der Waals surface area contributed by atoms with E-state index in [2.05, 4.69) is 20.5 Å². The number of aryl methyl sites for hydroxylation is 1. The number of para-hydroxylation sites is 1. The van der Waals surface area contributed by atoms with E-state index in [1.54, 1.807) is 4.68 Å². The van der Waals surface area contributed by atoms with Gasteiger partial charge in [-0.3, -0.25) is 4.79 Å². The van der Waals surface area contributed by atoms with Crippen LogP contribution in [0.3, 0.4) is 0 Å². The molecular formula is C22H22N6O3. The van der Waals surface area contributed by atoms with Crippen LogP contribution in [0.4, 0.5) is 0 Å². The van der Waals surface area contributed by atoms with Crippen LogP contribution < -0.4 is 4.74 Å². The first kappa shape index (κ1) is 19.2. The summed E-state index contributed by atoms with van der Waals surface area (Å²) in [6.07, 6.45) is 2.61. The van der Waals surface area contributed by atoms with Gasteiger partial charge in [0.15, 0.2) is 6.61 Å². The van der Waals surface area contributed by atoms with Crippen molar-refractivity contribution in [1.82, 2.24) is 30.0 Å². The highest BCUT2D eigenvalue weighted by Gasteiger charge is 2.18. The molecule has 1 fully saturated rings. The van der Waals surface area contributed by atoms with Crippen molar-refractivity contribution in [2.24, 2.45) is 0 Å². The number of carbonyl (C=O) groups excluding carboxylic acids is 1. The van der Waals surface area contributed by atoms with Gasteiger partial charge < -0.3 is 14.2 Å². The van der Waals surface area contributed by atoms with Crippen molar-refractivity contribution in [2.75, 3.05) is 13.1 Å². The zero-order valence-corrected chi connectivity index (χ0v) is 17.0. The lowest BCUT2D eigenvalue weighted by molar-refractivity contribution is -0.130. The van der Waals surface area contributed by atoms with Crippen LogP contribution in [-0.2, 0) is 17.9 Å². The van der Waals surface area contributed by atoms with Gasteiger partial charge in [0.2, 0.25) is 11.7 Å². The second-order valence-corrected chi connectivity index (χ2v) is 7.47. The number of amides is 1. The van der Waals surface area contributed by atoms with Gasteiger partial charge in [-0.1, -0.05) is 28.6 Å². The van der Waals surface area contributed by atoms with Gasteiger partial charge in [-0.2, -0.15) is 4.98 Å². The van der Waals surface area contributed by atoms with Gasteiger partial charge in [-0.25, -0.2) is 4.68 Å². The third-order valence-electron chi connectivity index (χ3n) is 5.34. The number of likely N-dealkylation sites (tertiary alicyclic amines) is 1. The zero-order valence-electron chi connectivity index (χ0n) is 17.0. The SMILES string of the molecule is O=C(CCn1nnc2cc(-c3noc(COc4ccccc4)n3)ccc21)N1CCCC1. The van der Waals surface area contributed by atoms with Crippen LogP contribution >= 0.6 is 0 Å². The highest BCUT2D eigenvalue weighted by molar-refractivity contribution is 5.80. The number of ether oxygens (including phenoxy) is 1. The van der Waals surface area contributed by atoms with E-state index in [4.69, 9.17) is 9.26 Å². The fraction of sp³-hybridized carbons (Fsp3) is 0.318. The van der Waals surface area contributed by atoms with Gasteiger partial charge in [-0.05, 0) is 43.2 Å².